The van der Waals surface area contributed by atoms with Crippen LogP contribution in [0.4, 0.5) is 0 Å². The van der Waals surface area contributed by atoms with Gasteiger partial charge in [-0.2, -0.15) is 5.26 Å². The molecule has 0 aliphatic rings. The van der Waals surface area contributed by atoms with Crippen LogP contribution in [-0.2, 0) is 9.84 Å². The predicted octanol–water partition coefficient (Wildman–Crippen LogP) is 2.46. The fourth-order valence-corrected chi connectivity index (χ4v) is 2.28. The lowest BCUT2D eigenvalue weighted by Crippen LogP contribution is -1.98. The summed E-state index contributed by atoms with van der Waals surface area (Å²) in [4.78, 5) is 4.16. The van der Waals surface area contributed by atoms with Crippen LogP contribution in [0.2, 0.25) is 0 Å². The predicted molar refractivity (Wildman–Crippen MR) is 73.3 cm³/mol. The van der Waals surface area contributed by atoms with Crippen LogP contribution in [0.15, 0.2) is 41.4 Å². The molecule has 6 heteroatoms. The summed E-state index contributed by atoms with van der Waals surface area (Å²) in [6, 6.07) is 9.80. The highest BCUT2D eigenvalue weighted by atomic mass is 32.2. The van der Waals surface area contributed by atoms with Crippen LogP contribution < -0.4 is 4.74 Å². The standard InChI is InChI=1S/C14H12N2O3S/c1-10-6-7-16-14(13(10)9-15)19-11-4-3-5-12(8-11)20(2,17)18/h3-8H,1-2H3. The van der Waals surface area contributed by atoms with Gasteiger partial charge in [-0.25, -0.2) is 13.4 Å². The third-order valence-electron chi connectivity index (χ3n) is 2.68. The minimum absolute atomic E-state index is 0.154. The molecule has 102 valence electrons. The number of aromatic nitrogens is 1. The van der Waals surface area contributed by atoms with Gasteiger partial charge in [-0.1, -0.05) is 6.07 Å². The van der Waals surface area contributed by atoms with Crippen molar-refractivity contribution in [3.05, 3.63) is 47.7 Å². The number of rotatable bonds is 3. The average Bonchev–Trinajstić information content (AvgIpc) is 2.38. The van der Waals surface area contributed by atoms with Crippen molar-refractivity contribution in [1.29, 1.82) is 5.26 Å². The molecule has 0 fully saturated rings. The molecule has 0 saturated heterocycles. The van der Waals surface area contributed by atoms with Crippen molar-refractivity contribution >= 4 is 9.84 Å². The van der Waals surface area contributed by atoms with E-state index in [0.717, 1.165) is 11.8 Å². The van der Waals surface area contributed by atoms with E-state index in [1.54, 1.807) is 25.1 Å². The molecule has 1 aromatic heterocycles. The molecule has 2 aromatic rings. The molecule has 0 amide bonds. The van der Waals surface area contributed by atoms with E-state index >= 15 is 0 Å². The van der Waals surface area contributed by atoms with Crippen molar-refractivity contribution in [2.75, 3.05) is 6.26 Å². The Hall–Kier alpha value is -2.39. The SMILES string of the molecule is Cc1ccnc(Oc2cccc(S(C)(=O)=O)c2)c1C#N. The first-order valence-corrected chi connectivity index (χ1v) is 7.64. The summed E-state index contributed by atoms with van der Waals surface area (Å²) < 4.78 is 28.5. The van der Waals surface area contributed by atoms with Crippen molar-refractivity contribution < 1.29 is 13.2 Å². The molecule has 0 radical (unpaired) electrons. The smallest absolute Gasteiger partial charge is 0.237 e. The van der Waals surface area contributed by atoms with Gasteiger partial charge in [0, 0.05) is 12.5 Å². The molecule has 0 aliphatic heterocycles. The first-order valence-electron chi connectivity index (χ1n) is 5.75. The molecule has 2 rings (SSSR count). The Morgan fingerprint density at radius 2 is 2.05 bits per heavy atom. The number of nitrogens with zero attached hydrogens (tertiary/aromatic N) is 2. The first kappa shape index (κ1) is 14.0. The summed E-state index contributed by atoms with van der Waals surface area (Å²) in [5.41, 5.74) is 1.08. The van der Waals surface area contributed by atoms with Crippen LogP contribution >= 0.6 is 0 Å². The Balaban J connectivity index is 2.42. The maximum Gasteiger partial charge on any atom is 0.237 e. The van der Waals surface area contributed by atoms with Crippen molar-refractivity contribution in [3.63, 3.8) is 0 Å². The number of nitriles is 1. The van der Waals surface area contributed by atoms with E-state index in [1.165, 1.54) is 18.3 Å². The summed E-state index contributed by atoms with van der Waals surface area (Å²) in [6.07, 6.45) is 2.66. The minimum Gasteiger partial charge on any atom is -0.438 e. The number of hydrogen-bond acceptors (Lipinski definition) is 5. The lowest BCUT2D eigenvalue weighted by Gasteiger charge is -2.08. The second kappa shape index (κ2) is 5.31. The van der Waals surface area contributed by atoms with Crippen LogP contribution in [0.5, 0.6) is 11.6 Å². The first-order chi connectivity index (χ1) is 9.41. The Labute approximate surface area is 117 Å². The van der Waals surface area contributed by atoms with Crippen LogP contribution in [0.3, 0.4) is 0 Å². The van der Waals surface area contributed by atoms with Gasteiger partial charge in [0.1, 0.15) is 17.4 Å². The van der Waals surface area contributed by atoms with Crippen LogP contribution in [0.1, 0.15) is 11.1 Å². The second-order valence-corrected chi connectivity index (χ2v) is 6.28. The van der Waals surface area contributed by atoms with Gasteiger partial charge < -0.3 is 4.74 Å². The topological polar surface area (TPSA) is 80.0 Å². The number of ether oxygens (including phenoxy) is 1. The number of aryl methyl sites for hydroxylation is 1. The monoisotopic (exact) mass is 288 g/mol. The van der Waals surface area contributed by atoms with Crippen molar-refractivity contribution in [2.45, 2.75) is 11.8 Å². The van der Waals surface area contributed by atoms with Gasteiger partial charge in [0.25, 0.3) is 0 Å². The molecule has 1 heterocycles. The molecule has 1 aromatic carbocycles. The van der Waals surface area contributed by atoms with Gasteiger partial charge in [-0.05, 0) is 36.8 Å². The molecular weight excluding hydrogens is 276 g/mol. The van der Waals surface area contributed by atoms with Gasteiger partial charge in [0.05, 0.1) is 4.90 Å². The number of hydrogen-bond donors (Lipinski definition) is 0. The van der Waals surface area contributed by atoms with E-state index in [1.807, 2.05) is 6.07 Å². The maximum absolute atomic E-state index is 11.5. The maximum atomic E-state index is 11.5. The van der Waals surface area contributed by atoms with Crippen molar-refractivity contribution in [3.8, 4) is 17.7 Å². The van der Waals surface area contributed by atoms with E-state index in [9.17, 15) is 8.42 Å². The summed E-state index contributed by atoms with van der Waals surface area (Å²) >= 11 is 0. The van der Waals surface area contributed by atoms with Crippen LogP contribution in [0, 0.1) is 18.3 Å². The van der Waals surface area contributed by atoms with Gasteiger partial charge in [-0.3, -0.25) is 0 Å². The summed E-state index contributed by atoms with van der Waals surface area (Å²) in [5, 5.41) is 9.10. The molecular formula is C14H12N2O3S. The molecule has 0 N–H and O–H groups in total. The Morgan fingerprint density at radius 1 is 1.30 bits per heavy atom. The van der Waals surface area contributed by atoms with E-state index < -0.39 is 9.84 Å². The Morgan fingerprint density at radius 3 is 2.70 bits per heavy atom. The highest BCUT2D eigenvalue weighted by Crippen LogP contribution is 2.26. The lowest BCUT2D eigenvalue weighted by molar-refractivity contribution is 0.459. The quantitative estimate of drug-likeness (QED) is 0.866. The summed E-state index contributed by atoms with van der Waals surface area (Å²) in [5.74, 6) is 0.487. The Bertz CT molecular complexity index is 792. The van der Waals surface area contributed by atoms with Crippen LogP contribution in [-0.4, -0.2) is 19.7 Å². The number of pyridine rings is 1. The number of benzene rings is 1. The van der Waals surface area contributed by atoms with E-state index in [4.69, 9.17) is 10.00 Å². The third kappa shape index (κ3) is 2.95. The zero-order valence-electron chi connectivity index (χ0n) is 11.0. The molecule has 0 saturated carbocycles. The van der Waals surface area contributed by atoms with E-state index in [-0.39, 0.29) is 10.8 Å². The highest BCUT2D eigenvalue weighted by Gasteiger charge is 2.11. The van der Waals surface area contributed by atoms with E-state index in [2.05, 4.69) is 4.98 Å². The zero-order chi connectivity index (χ0) is 14.8. The van der Waals surface area contributed by atoms with Crippen molar-refractivity contribution in [2.24, 2.45) is 0 Å². The summed E-state index contributed by atoms with van der Waals surface area (Å²) in [7, 11) is -3.31. The normalized spacial score (nSPS) is 10.8. The molecule has 20 heavy (non-hydrogen) atoms. The highest BCUT2D eigenvalue weighted by molar-refractivity contribution is 7.90. The van der Waals surface area contributed by atoms with Crippen molar-refractivity contribution in [1.82, 2.24) is 4.98 Å². The van der Waals surface area contributed by atoms with Gasteiger partial charge >= 0.3 is 0 Å². The summed E-state index contributed by atoms with van der Waals surface area (Å²) in [6.45, 7) is 1.78. The molecule has 0 aliphatic carbocycles. The van der Waals surface area contributed by atoms with E-state index in [0.29, 0.717) is 11.3 Å². The fraction of sp³-hybridized carbons (Fsp3) is 0.143. The molecule has 0 spiro atoms. The van der Waals surface area contributed by atoms with Gasteiger partial charge in [0.2, 0.25) is 5.88 Å². The van der Waals surface area contributed by atoms with Gasteiger partial charge in [-0.15, -0.1) is 0 Å². The molecule has 5 nitrogen and oxygen atoms in total. The number of sulfone groups is 1. The average molecular weight is 288 g/mol. The Kier molecular flexibility index (Phi) is 3.72. The molecule has 0 atom stereocenters. The minimum atomic E-state index is -3.31. The third-order valence-corrected chi connectivity index (χ3v) is 3.79. The zero-order valence-corrected chi connectivity index (χ0v) is 11.8. The molecule has 0 bridgehead atoms. The fourth-order valence-electron chi connectivity index (χ4n) is 1.63. The largest absolute Gasteiger partial charge is 0.438 e. The lowest BCUT2D eigenvalue weighted by atomic mass is 10.2. The second-order valence-electron chi connectivity index (χ2n) is 4.27. The van der Waals surface area contributed by atoms with Gasteiger partial charge in [0.15, 0.2) is 9.84 Å². The van der Waals surface area contributed by atoms with Crippen LogP contribution in [0.25, 0.3) is 0 Å². The molecule has 0 unspecified atom stereocenters.